The summed E-state index contributed by atoms with van der Waals surface area (Å²) in [6, 6.07) is 0.604. The lowest BCUT2D eigenvalue weighted by molar-refractivity contribution is 0.590. The van der Waals surface area contributed by atoms with E-state index in [1.807, 2.05) is 11.3 Å². The molecular formula is C15H29N3S. The first kappa shape index (κ1) is 16.4. The van der Waals surface area contributed by atoms with E-state index in [9.17, 15) is 0 Å². The molecule has 0 spiro atoms. The summed E-state index contributed by atoms with van der Waals surface area (Å²) in [4.78, 5) is 8.65. The van der Waals surface area contributed by atoms with E-state index >= 15 is 0 Å². The van der Waals surface area contributed by atoms with Gasteiger partial charge >= 0.3 is 0 Å². The number of aryl methyl sites for hydroxylation is 1. The number of nitrogens with zero attached hydrogens (tertiary/aromatic N) is 2. The van der Waals surface area contributed by atoms with Gasteiger partial charge in [0.25, 0.3) is 0 Å². The van der Waals surface area contributed by atoms with E-state index in [1.165, 1.54) is 28.5 Å². The fourth-order valence-electron chi connectivity index (χ4n) is 2.32. The fourth-order valence-corrected chi connectivity index (χ4v) is 3.43. The topological polar surface area (TPSA) is 28.2 Å². The van der Waals surface area contributed by atoms with E-state index in [0.29, 0.717) is 6.04 Å². The third-order valence-electron chi connectivity index (χ3n) is 3.58. The van der Waals surface area contributed by atoms with Crippen molar-refractivity contribution in [3.05, 3.63) is 10.6 Å². The van der Waals surface area contributed by atoms with Gasteiger partial charge in [-0.05, 0) is 25.8 Å². The van der Waals surface area contributed by atoms with Crippen LogP contribution in [0, 0.1) is 0 Å². The van der Waals surface area contributed by atoms with Crippen LogP contribution in [0.1, 0.15) is 57.5 Å². The number of aromatic nitrogens is 1. The molecule has 0 saturated carbocycles. The van der Waals surface area contributed by atoms with Crippen molar-refractivity contribution in [3.8, 4) is 0 Å². The summed E-state index contributed by atoms with van der Waals surface area (Å²) in [5.74, 6) is 0. The number of rotatable bonds is 9. The molecule has 0 saturated heterocycles. The van der Waals surface area contributed by atoms with E-state index in [4.69, 9.17) is 4.98 Å². The summed E-state index contributed by atoms with van der Waals surface area (Å²) >= 11 is 1.86. The maximum Gasteiger partial charge on any atom is 0.185 e. The number of hydrogen-bond donors (Lipinski definition) is 1. The van der Waals surface area contributed by atoms with Crippen molar-refractivity contribution in [1.82, 2.24) is 10.3 Å². The molecule has 0 fully saturated rings. The van der Waals surface area contributed by atoms with Gasteiger partial charge in [-0.15, -0.1) is 11.3 Å². The highest BCUT2D eigenvalue weighted by atomic mass is 32.1. The molecule has 0 aliphatic heterocycles. The number of hydrogen-bond acceptors (Lipinski definition) is 4. The minimum atomic E-state index is 0.604. The quantitative estimate of drug-likeness (QED) is 0.746. The third-order valence-corrected chi connectivity index (χ3v) is 4.77. The molecule has 0 bridgehead atoms. The summed E-state index contributed by atoms with van der Waals surface area (Å²) in [6.45, 7) is 10.9. The standard InChI is InChI=1S/C15H29N3S/c1-6-10-13-14(11-16-9-4)19-15(17-13)18(5)12(7-2)8-3/h12,16H,6-11H2,1-5H3. The third kappa shape index (κ3) is 4.46. The monoisotopic (exact) mass is 283 g/mol. The Labute approximate surface area is 122 Å². The molecule has 0 aliphatic rings. The van der Waals surface area contributed by atoms with Crippen LogP contribution >= 0.6 is 11.3 Å². The van der Waals surface area contributed by atoms with Gasteiger partial charge in [-0.1, -0.05) is 34.1 Å². The lowest BCUT2D eigenvalue weighted by Gasteiger charge is -2.25. The average Bonchev–Trinajstić information content (AvgIpc) is 2.81. The van der Waals surface area contributed by atoms with Crippen molar-refractivity contribution in [1.29, 1.82) is 0 Å². The molecule has 4 heteroatoms. The van der Waals surface area contributed by atoms with Crippen molar-refractivity contribution in [3.63, 3.8) is 0 Å². The maximum absolute atomic E-state index is 4.87. The van der Waals surface area contributed by atoms with Crippen molar-refractivity contribution in [2.45, 2.75) is 66.0 Å². The summed E-state index contributed by atoms with van der Waals surface area (Å²) < 4.78 is 0. The Hall–Kier alpha value is -0.610. The van der Waals surface area contributed by atoms with Crippen molar-refractivity contribution in [2.24, 2.45) is 0 Å². The highest BCUT2D eigenvalue weighted by Crippen LogP contribution is 2.29. The van der Waals surface area contributed by atoms with Gasteiger partial charge in [-0.3, -0.25) is 0 Å². The number of nitrogens with one attached hydrogen (secondary N) is 1. The predicted molar refractivity (Wildman–Crippen MR) is 86.3 cm³/mol. The SMILES string of the molecule is CCCc1nc(N(C)C(CC)CC)sc1CNCC. The Bertz CT molecular complexity index is 358. The second-order valence-electron chi connectivity index (χ2n) is 4.98. The largest absolute Gasteiger partial charge is 0.348 e. The van der Waals surface area contributed by atoms with Crippen molar-refractivity contribution < 1.29 is 0 Å². The van der Waals surface area contributed by atoms with Crippen LogP contribution in [0.4, 0.5) is 5.13 Å². The summed E-state index contributed by atoms with van der Waals surface area (Å²) in [7, 11) is 2.18. The highest BCUT2D eigenvalue weighted by molar-refractivity contribution is 7.15. The van der Waals surface area contributed by atoms with E-state index in [1.54, 1.807) is 0 Å². The van der Waals surface area contributed by atoms with Crippen LogP contribution < -0.4 is 10.2 Å². The van der Waals surface area contributed by atoms with Crippen LogP contribution in [-0.2, 0) is 13.0 Å². The van der Waals surface area contributed by atoms with E-state index in [2.05, 4.69) is 45.0 Å². The second-order valence-corrected chi connectivity index (χ2v) is 6.04. The highest BCUT2D eigenvalue weighted by Gasteiger charge is 2.17. The predicted octanol–water partition coefficient (Wildman–Crippen LogP) is 3.83. The molecule has 1 rings (SSSR count). The van der Waals surface area contributed by atoms with Gasteiger partial charge in [-0.2, -0.15) is 0 Å². The summed E-state index contributed by atoms with van der Waals surface area (Å²) in [5.41, 5.74) is 1.29. The van der Waals surface area contributed by atoms with Crippen LogP contribution in [0.2, 0.25) is 0 Å². The zero-order chi connectivity index (χ0) is 14.3. The average molecular weight is 283 g/mol. The normalized spacial score (nSPS) is 11.3. The van der Waals surface area contributed by atoms with Gasteiger partial charge in [-0.25, -0.2) is 4.98 Å². The lowest BCUT2D eigenvalue weighted by atomic mass is 10.1. The van der Waals surface area contributed by atoms with Crippen LogP contribution in [-0.4, -0.2) is 24.6 Å². The minimum Gasteiger partial charge on any atom is -0.348 e. The number of anilines is 1. The molecule has 0 atom stereocenters. The summed E-state index contributed by atoms with van der Waals surface area (Å²) in [5, 5.41) is 4.61. The van der Waals surface area contributed by atoms with Gasteiger partial charge in [0.1, 0.15) is 0 Å². The molecule has 0 unspecified atom stereocenters. The van der Waals surface area contributed by atoms with E-state index in [-0.39, 0.29) is 0 Å². The fraction of sp³-hybridized carbons (Fsp3) is 0.800. The Morgan fingerprint density at radius 1 is 1.21 bits per heavy atom. The smallest absolute Gasteiger partial charge is 0.185 e. The zero-order valence-electron chi connectivity index (χ0n) is 13.1. The first-order valence-electron chi connectivity index (χ1n) is 7.59. The molecule has 0 radical (unpaired) electrons. The molecule has 1 aromatic rings. The maximum atomic E-state index is 4.87. The molecule has 1 N–H and O–H groups in total. The van der Waals surface area contributed by atoms with Crippen LogP contribution in [0.5, 0.6) is 0 Å². The first-order valence-corrected chi connectivity index (χ1v) is 8.41. The Morgan fingerprint density at radius 2 is 1.89 bits per heavy atom. The summed E-state index contributed by atoms with van der Waals surface area (Å²) in [6.07, 6.45) is 4.61. The Balaban J connectivity index is 2.88. The first-order chi connectivity index (χ1) is 9.17. The molecule has 19 heavy (non-hydrogen) atoms. The van der Waals surface area contributed by atoms with Crippen LogP contribution in [0.25, 0.3) is 0 Å². The second kappa shape index (κ2) is 8.54. The molecule has 1 heterocycles. The van der Waals surface area contributed by atoms with Crippen LogP contribution in [0.15, 0.2) is 0 Å². The molecule has 0 aliphatic carbocycles. The molecule has 0 amide bonds. The molecule has 110 valence electrons. The van der Waals surface area contributed by atoms with Crippen molar-refractivity contribution >= 4 is 16.5 Å². The van der Waals surface area contributed by atoms with Gasteiger partial charge in [0.2, 0.25) is 0 Å². The molecular weight excluding hydrogens is 254 g/mol. The molecule has 1 aromatic heterocycles. The zero-order valence-corrected chi connectivity index (χ0v) is 13.9. The van der Waals surface area contributed by atoms with E-state index < -0.39 is 0 Å². The van der Waals surface area contributed by atoms with Gasteiger partial charge in [0.15, 0.2) is 5.13 Å². The van der Waals surface area contributed by atoms with E-state index in [0.717, 1.165) is 25.9 Å². The lowest BCUT2D eigenvalue weighted by Crippen LogP contribution is -2.30. The molecule has 3 nitrogen and oxygen atoms in total. The number of thiazole rings is 1. The van der Waals surface area contributed by atoms with Gasteiger partial charge < -0.3 is 10.2 Å². The van der Waals surface area contributed by atoms with Crippen molar-refractivity contribution in [2.75, 3.05) is 18.5 Å². The Kier molecular flexibility index (Phi) is 7.39. The molecule has 0 aromatic carbocycles. The minimum absolute atomic E-state index is 0.604. The van der Waals surface area contributed by atoms with Gasteiger partial charge in [0, 0.05) is 24.5 Å². The van der Waals surface area contributed by atoms with Crippen LogP contribution in [0.3, 0.4) is 0 Å². The van der Waals surface area contributed by atoms with Gasteiger partial charge in [0.05, 0.1) is 5.69 Å². The Morgan fingerprint density at radius 3 is 2.42 bits per heavy atom.